The van der Waals surface area contributed by atoms with Gasteiger partial charge in [-0.3, -0.25) is 4.79 Å². The minimum atomic E-state index is -0.432. The third-order valence-corrected chi connectivity index (χ3v) is 3.73. The molecule has 1 amide bonds. The Balaban J connectivity index is 2.01. The van der Waals surface area contributed by atoms with Crippen molar-refractivity contribution >= 4 is 17.5 Å². The topological polar surface area (TPSA) is 32.3 Å². The molecule has 0 saturated carbocycles. The van der Waals surface area contributed by atoms with E-state index >= 15 is 0 Å². The zero-order chi connectivity index (χ0) is 13.8. The van der Waals surface area contributed by atoms with Crippen LogP contribution >= 0.6 is 11.6 Å². The lowest BCUT2D eigenvalue weighted by Gasteiger charge is -2.28. The SMILES string of the molecule is CN(CC1CCCCN1)C(=O)c1ccc(F)cc1Cl. The van der Waals surface area contributed by atoms with Gasteiger partial charge in [0.15, 0.2) is 0 Å². The van der Waals surface area contributed by atoms with Gasteiger partial charge in [-0.1, -0.05) is 18.0 Å². The minimum Gasteiger partial charge on any atom is -0.340 e. The lowest BCUT2D eigenvalue weighted by atomic mass is 10.0. The summed E-state index contributed by atoms with van der Waals surface area (Å²) in [4.78, 5) is 13.9. The van der Waals surface area contributed by atoms with Crippen LogP contribution < -0.4 is 5.32 Å². The van der Waals surface area contributed by atoms with Gasteiger partial charge in [-0.05, 0) is 37.6 Å². The fourth-order valence-corrected chi connectivity index (χ4v) is 2.61. The quantitative estimate of drug-likeness (QED) is 0.926. The first-order valence-corrected chi connectivity index (χ1v) is 6.89. The molecule has 104 valence electrons. The molecule has 1 saturated heterocycles. The third kappa shape index (κ3) is 3.67. The fourth-order valence-electron chi connectivity index (χ4n) is 2.36. The molecule has 3 nitrogen and oxygen atoms in total. The van der Waals surface area contributed by atoms with Crippen LogP contribution in [0.25, 0.3) is 0 Å². The Morgan fingerprint density at radius 3 is 2.95 bits per heavy atom. The van der Waals surface area contributed by atoms with Crippen molar-refractivity contribution in [1.29, 1.82) is 0 Å². The summed E-state index contributed by atoms with van der Waals surface area (Å²) in [6.07, 6.45) is 3.46. The molecular weight excluding hydrogens is 267 g/mol. The van der Waals surface area contributed by atoms with Crippen LogP contribution in [-0.2, 0) is 0 Å². The van der Waals surface area contributed by atoms with E-state index in [1.807, 2.05) is 0 Å². The predicted octanol–water partition coefficient (Wildman–Crippen LogP) is 2.69. The lowest BCUT2D eigenvalue weighted by Crippen LogP contribution is -2.44. The van der Waals surface area contributed by atoms with Crippen molar-refractivity contribution < 1.29 is 9.18 Å². The molecule has 1 unspecified atom stereocenters. The maximum absolute atomic E-state index is 13.0. The number of carbonyl (C=O) groups excluding carboxylic acids is 1. The van der Waals surface area contributed by atoms with E-state index in [-0.39, 0.29) is 10.9 Å². The van der Waals surface area contributed by atoms with Crippen LogP contribution in [0, 0.1) is 5.82 Å². The van der Waals surface area contributed by atoms with Crippen molar-refractivity contribution in [1.82, 2.24) is 10.2 Å². The van der Waals surface area contributed by atoms with E-state index < -0.39 is 5.82 Å². The van der Waals surface area contributed by atoms with E-state index in [4.69, 9.17) is 11.6 Å². The number of halogens is 2. The highest BCUT2D eigenvalue weighted by Crippen LogP contribution is 2.19. The Bertz CT molecular complexity index is 461. The number of rotatable bonds is 3. The second-order valence-electron chi connectivity index (χ2n) is 4.96. The van der Waals surface area contributed by atoms with E-state index in [0.29, 0.717) is 18.2 Å². The molecule has 0 aromatic heterocycles. The number of benzene rings is 1. The van der Waals surface area contributed by atoms with Gasteiger partial charge in [0.25, 0.3) is 5.91 Å². The normalized spacial score (nSPS) is 19.2. The van der Waals surface area contributed by atoms with E-state index in [1.54, 1.807) is 11.9 Å². The van der Waals surface area contributed by atoms with Gasteiger partial charge in [0, 0.05) is 19.6 Å². The Hall–Kier alpha value is -1.13. The van der Waals surface area contributed by atoms with Gasteiger partial charge < -0.3 is 10.2 Å². The van der Waals surface area contributed by atoms with Gasteiger partial charge in [0.05, 0.1) is 10.6 Å². The molecule has 1 aliphatic heterocycles. The van der Waals surface area contributed by atoms with E-state index in [0.717, 1.165) is 13.0 Å². The summed E-state index contributed by atoms with van der Waals surface area (Å²) in [6.45, 7) is 1.65. The number of hydrogen-bond donors (Lipinski definition) is 1. The molecule has 1 heterocycles. The number of likely N-dealkylation sites (N-methyl/N-ethyl adjacent to an activating group) is 1. The monoisotopic (exact) mass is 284 g/mol. The van der Waals surface area contributed by atoms with Crippen molar-refractivity contribution in [3.8, 4) is 0 Å². The molecule has 0 aliphatic carbocycles. The average Bonchev–Trinajstić information content (AvgIpc) is 2.39. The second-order valence-corrected chi connectivity index (χ2v) is 5.36. The van der Waals surface area contributed by atoms with E-state index in [1.165, 1.54) is 31.0 Å². The standard InChI is InChI=1S/C14H18ClFN2O/c1-18(9-11-4-2-3-7-17-11)14(19)12-6-5-10(16)8-13(12)15/h5-6,8,11,17H,2-4,7,9H2,1H3. The molecule has 19 heavy (non-hydrogen) atoms. The van der Waals surface area contributed by atoms with Gasteiger partial charge in [0.2, 0.25) is 0 Å². The average molecular weight is 285 g/mol. The highest BCUT2D eigenvalue weighted by Gasteiger charge is 2.20. The molecule has 1 aliphatic rings. The summed E-state index contributed by atoms with van der Waals surface area (Å²) in [7, 11) is 1.75. The molecule has 1 fully saturated rings. The first-order valence-electron chi connectivity index (χ1n) is 6.52. The highest BCUT2D eigenvalue weighted by molar-refractivity contribution is 6.33. The van der Waals surface area contributed by atoms with Gasteiger partial charge >= 0.3 is 0 Å². The molecule has 1 atom stereocenters. The Kier molecular flexibility index (Phi) is 4.77. The van der Waals surface area contributed by atoms with Gasteiger partial charge in [-0.25, -0.2) is 4.39 Å². The van der Waals surface area contributed by atoms with Crippen molar-refractivity contribution in [2.45, 2.75) is 25.3 Å². The summed E-state index contributed by atoms with van der Waals surface area (Å²) >= 11 is 5.91. The predicted molar refractivity (Wildman–Crippen MR) is 74.0 cm³/mol. The number of nitrogens with zero attached hydrogens (tertiary/aromatic N) is 1. The largest absolute Gasteiger partial charge is 0.340 e. The van der Waals surface area contributed by atoms with Crippen LogP contribution in [0.4, 0.5) is 4.39 Å². The summed E-state index contributed by atoms with van der Waals surface area (Å²) in [5.74, 6) is -0.601. The van der Waals surface area contributed by atoms with Crippen LogP contribution in [0.2, 0.25) is 5.02 Å². The molecule has 1 aromatic carbocycles. The fraction of sp³-hybridized carbons (Fsp3) is 0.500. The van der Waals surface area contributed by atoms with Crippen molar-refractivity contribution in [2.24, 2.45) is 0 Å². The van der Waals surface area contributed by atoms with Crippen LogP contribution in [0.5, 0.6) is 0 Å². The summed E-state index contributed by atoms with van der Waals surface area (Å²) in [5.41, 5.74) is 0.348. The molecule has 2 rings (SSSR count). The molecule has 5 heteroatoms. The number of piperidine rings is 1. The zero-order valence-corrected chi connectivity index (χ0v) is 11.7. The zero-order valence-electron chi connectivity index (χ0n) is 11.0. The number of carbonyl (C=O) groups is 1. The van der Waals surface area contributed by atoms with Gasteiger partial charge in [0.1, 0.15) is 5.82 Å². The Morgan fingerprint density at radius 1 is 1.53 bits per heavy atom. The van der Waals surface area contributed by atoms with Gasteiger partial charge in [-0.2, -0.15) is 0 Å². The first kappa shape index (κ1) is 14.3. The molecule has 1 aromatic rings. The van der Waals surface area contributed by atoms with Gasteiger partial charge in [-0.15, -0.1) is 0 Å². The minimum absolute atomic E-state index is 0.161. The number of amides is 1. The van der Waals surface area contributed by atoms with Crippen LogP contribution in [0.1, 0.15) is 29.6 Å². The summed E-state index contributed by atoms with van der Waals surface area (Å²) < 4.78 is 13.0. The number of hydrogen-bond acceptors (Lipinski definition) is 2. The van der Waals surface area contributed by atoms with E-state index in [2.05, 4.69) is 5.32 Å². The number of nitrogens with one attached hydrogen (secondary N) is 1. The van der Waals surface area contributed by atoms with Crippen LogP contribution in [0.15, 0.2) is 18.2 Å². The van der Waals surface area contributed by atoms with Crippen LogP contribution in [-0.4, -0.2) is 37.0 Å². The second kappa shape index (κ2) is 6.35. The summed E-state index contributed by atoms with van der Waals surface area (Å²) in [5, 5.41) is 3.55. The molecule has 1 N–H and O–H groups in total. The Labute approximate surface area is 117 Å². The highest BCUT2D eigenvalue weighted by atomic mass is 35.5. The smallest absolute Gasteiger partial charge is 0.255 e. The first-order chi connectivity index (χ1) is 9.08. The summed E-state index contributed by atoms with van der Waals surface area (Å²) in [6, 6.07) is 4.19. The molecule has 0 bridgehead atoms. The molecule has 0 radical (unpaired) electrons. The van der Waals surface area contributed by atoms with Crippen molar-refractivity contribution in [3.05, 3.63) is 34.6 Å². The maximum atomic E-state index is 13.0. The molecular formula is C14H18ClFN2O. The molecule has 0 spiro atoms. The van der Waals surface area contributed by atoms with E-state index in [9.17, 15) is 9.18 Å². The maximum Gasteiger partial charge on any atom is 0.255 e. The van der Waals surface area contributed by atoms with Crippen molar-refractivity contribution in [3.63, 3.8) is 0 Å². The third-order valence-electron chi connectivity index (χ3n) is 3.41. The van der Waals surface area contributed by atoms with Crippen molar-refractivity contribution in [2.75, 3.05) is 20.1 Å². The lowest BCUT2D eigenvalue weighted by molar-refractivity contribution is 0.0775. The van der Waals surface area contributed by atoms with Crippen LogP contribution in [0.3, 0.4) is 0 Å². The Morgan fingerprint density at radius 2 is 2.32 bits per heavy atom.